The van der Waals surface area contributed by atoms with Gasteiger partial charge in [0.05, 0.1) is 17.2 Å². The predicted molar refractivity (Wildman–Crippen MR) is 61.5 cm³/mol. The maximum atomic E-state index is 12.8. The molecule has 0 amide bonds. The zero-order valence-electron chi connectivity index (χ0n) is 9.30. The van der Waals surface area contributed by atoms with E-state index in [0.717, 1.165) is 5.56 Å². The van der Waals surface area contributed by atoms with E-state index in [0.29, 0.717) is 0 Å². The van der Waals surface area contributed by atoms with Crippen molar-refractivity contribution in [1.82, 2.24) is 0 Å². The molecule has 17 heavy (non-hydrogen) atoms. The number of hydrogen-bond donors (Lipinski definition) is 0. The molecule has 3 nitrogen and oxygen atoms in total. The number of sulfone groups is 1. The van der Waals surface area contributed by atoms with E-state index < -0.39 is 21.0 Å². The Morgan fingerprint density at radius 2 is 1.94 bits per heavy atom. The van der Waals surface area contributed by atoms with Crippen LogP contribution in [0.5, 0.6) is 0 Å². The van der Waals surface area contributed by atoms with Gasteiger partial charge in [0.15, 0.2) is 9.84 Å². The Morgan fingerprint density at radius 3 is 2.41 bits per heavy atom. The molecule has 1 saturated carbocycles. The highest BCUT2D eigenvalue weighted by Crippen LogP contribution is 2.52. The lowest BCUT2D eigenvalue weighted by Crippen LogP contribution is -2.12. The molecule has 0 aliphatic heterocycles. The van der Waals surface area contributed by atoms with Gasteiger partial charge in [0, 0.05) is 11.7 Å². The average Bonchev–Trinajstić information content (AvgIpc) is 3.05. The van der Waals surface area contributed by atoms with Gasteiger partial charge < -0.3 is 0 Å². The second-order valence-corrected chi connectivity index (χ2v) is 6.60. The molecule has 0 aromatic heterocycles. The molecular weight excluding hydrogens is 241 g/mol. The van der Waals surface area contributed by atoms with E-state index in [-0.39, 0.29) is 17.5 Å². The van der Waals surface area contributed by atoms with Crippen LogP contribution in [0.15, 0.2) is 24.3 Å². The van der Waals surface area contributed by atoms with Gasteiger partial charge in [0.25, 0.3) is 0 Å². The van der Waals surface area contributed by atoms with Gasteiger partial charge in [-0.25, -0.2) is 12.8 Å². The van der Waals surface area contributed by atoms with Gasteiger partial charge in [-0.2, -0.15) is 5.26 Å². The Bertz CT molecular complexity index is 559. The summed E-state index contributed by atoms with van der Waals surface area (Å²) in [5, 5.41) is 8.31. The Hall–Kier alpha value is -1.41. The van der Waals surface area contributed by atoms with Crippen molar-refractivity contribution < 1.29 is 12.8 Å². The number of hydrogen-bond acceptors (Lipinski definition) is 3. The summed E-state index contributed by atoms with van der Waals surface area (Å²) in [4.78, 5) is 0. The molecule has 0 heterocycles. The van der Waals surface area contributed by atoms with Crippen LogP contribution < -0.4 is 0 Å². The summed E-state index contributed by atoms with van der Waals surface area (Å²) < 4.78 is 36.3. The molecule has 2 rings (SSSR count). The van der Waals surface area contributed by atoms with Crippen molar-refractivity contribution in [3.63, 3.8) is 0 Å². The standard InChI is InChI=1S/C12H12FNO2S/c1-2-17(15,16)12-10(7-14)11(12)8-3-5-9(13)6-4-8/h3-6,10-12H,2H2,1H3/t10-,11-,12+/m0/s1. The van der Waals surface area contributed by atoms with E-state index in [9.17, 15) is 12.8 Å². The molecule has 0 N–H and O–H groups in total. The number of benzene rings is 1. The fourth-order valence-corrected chi connectivity index (χ4v) is 3.90. The Balaban J connectivity index is 2.30. The van der Waals surface area contributed by atoms with Crippen LogP contribution in [0.4, 0.5) is 4.39 Å². The highest BCUT2D eigenvalue weighted by Gasteiger charge is 2.58. The summed E-state index contributed by atoms with van der Waals surface area (Å²) in [5.41, 5.74) is 0.722. The lowest BCUT2D eigenvalue weighted by atomic mass is 10.1. The third-order valence-corrected chi connectivity index (χ3v) is 5.40. The normalized spacial score (nSPS) is 27.5. The zero-order valence-corrected chi connectivity index (χ0v) is 10.1. The van der Waals surface area contributed by atoms with E-state index >= 15 is 0 Å². The van der Waals surface area contributed by atoms with Crippen LogP contribution in [0.25, 0.3) is 0 Å². The van der Waals surface area contributed by atoms with Crippen molar-refractivity contribution in [1.29, 1.82) is 5.26 Å². The van der Waals surface area contributed by atoms with Crippen LogP contribution in [-0.2, 0) is 9.84 Å². The van der Waals surface area contributed by atoms with E-state index in [1.807, 2.05) is 6.07 Å². The SMILES string of the molecule is CCS(=O)(=O)[C@@H]1[C@@H](C#N)[C@@H]1c1ccc(F)cc1. The molecule has 0 radical (unpaired) electrons. The molecule has 1 aromatic rings. The molecule has 0 bridgehead atoms. The summed E-state index contributed by atoms with van der Waals surface area (Å²) in [5.74, 6) is -1.12. The van der Waals surface area contributed by atoms with Crippen molar-refractivity contribution >= 4 is 9.84 Å². The summed E-state index contributed by atoms with van der Waals surface area (Å²) in [6.07, 6.45) is 0. The fourth-order valence-electron chi connectivity index (χ4n) is 2.16. The number of rotatable bonds is 3. The monoisotopic (exact) mass is 253 g/mol. The first kappa shape index (κ1) is 12.1. The highest BCUT2D eigenvalue weighted by molar-refractivity contribution is 7.92. The van der Waals surface area contributed by atoms with E-state index in [2.05, 4.69) is 0 Å². The van der Waals surface area contributed by atoms with Crippen LogP contribution in [0.1, 0.15) is 18.4 Å². The molecule has 1 fully saturated rings. The first-order chi connectivity index (χ1) is 8.01. The zero-order chi connectivity index (χ0) is 12.6. The predicted octanol–water partition coefficient (Wildman–Crippen LogP) is 1.87. The topological polar surface area (TPSA) is 57.9 Å². The molecule has 0 saturated heterocycles. The van der Waals surface area contributed by atoms with Crippen molar-refractivity contribution in [3.8, 4) is 6.07 Å². The second-order valence-electron chi connectivity index (χ2n) is 4.15. The summed E-state index contributed by atoms with van der Waals surface area (Å²) in [6, 6.07) is 7.70. The van der Waals surface area contributed by atoms with Gasteiger partial charge >= 0.3 is 0 Å². The molecular formula is C12H12FNO2S. The molecule has 90 valence electrons. The first-order valence-corrected chi connectivity index (χ1v) is 7.09. The molecule has 1 aliphatic carbocycles. The minimum atomic E-state index is -3.21. The fraction of sp³-hybridized carbons (Fsp3) is 0.417. The van der Waals surface area contributed by atoms with Crippen LogP contribution in [-0.4, -0.2) is 19.4 Å². The van der Waals surface area contributed by atoms with E-state index in [1.165, 1.54) is 12.1 Å². The largest absolute Gasteiger partial charge is 0.228 e. The lowest BCUT2D eigenvalue weighted by Gasteiger charge is -2.00. The van der Waals surface area contributed by atoms with Crippen molar-refractivity contribution in [2.24, 2.45) is 5.92 Å². The Labute approximate surface area is 99.8 Å². The number of halogens is 1. The molecule has 1 aromatic carbocycles. The van der Waals surface area contributed by atoms with Gasteiger partial charge in [-0.1, -0.05) is 19.1 Å². The van der Waals surface area contributed by atoms with Crippen molar-refractivity contribution in [2.75, 3.05) is 5.75 Å². The summed E-state index contributed by atoms with van der Waals surface area (Å²) in [7, 11) is -3.21. The van der Waals surface area contributed by atoms with E-state index in [1.54, 1.807) is 19.1 Å². The summed E-state index contributed by atoms with van der Waals surface area (Å²) in [6.45, 7) is 1.57. The van der Waals surface area contributed by atoms with Crippen molar-refractivity contribution in [2.45, 2.75) is 18.1 Å². The van der Waals surface area contributed by atoms with Gasteiger partial charge in [-0.3, -0.25) is 0 Å². The average molecular weight is 253 g/mol. The third kappa shape index (κ3) is 2.05. The van der Waals surface area contributed by atoms with Crippen molar-refractivity contribution in [3.05, 3.63) is 35.6 Å². The van der Waals surface area contributed by atoms with Crippen LogP contribution in [0.3, 0.4) is 0 Å². The quantitative estimate of drug-likeness (QED) is 0.826. The minimum absolute atomic E-state index is 0.0353. The first-order valence-electron chi connectivity index (χ1n) is 5.38. The van der Waals surface area contributed by atoms with Gasteiger partial charge in [0.1, 0.15) is 5.82 Å². The lowest BCUT2D eigenvalue weighted by molar-refractivity contribution is 0.594. The van der Waals surface area contributed by atoms with Gasteiger partial charge in [-0.15, -0.1) is 0 Å². The number of nitriles is 1. The minimum Gasteiger partial charge on any atom is -0.228 e. The van der Waals surface area contributed by atoms with Gasteiger partial charge in [0.2, 0.25) is 0 Å². The molecule has 0 spiro atoms. The van der Waals surface area contributed by atoms with Crippen LogP contribution >= 0.6 is 0 Å². The second kappa shape index (κ2) is 4.11. The smallest absolute Gasteiger partial charge is 0.154 e. The third-order valence-electron chi connectivity index (χ3n) is 3.17. The van der Waals surface area contributed by atoms with Crippen LogP contribution in [0.2, 0.25) is 0 Å². The maximum Gasteiger partial charge on any atom is 0.154 e. The molecule has 5 heteroatoms. The number of nitrogens with zero attached hydrogens (tertiary/aromatic N) is 1. The molecule has 1 aliphatic rings. The van der Waals surface area contributed by atoms with Gasteiger partial charge in [-0.05, 0) is 17.7 Å². The highest BCUT2D eigenvalue weighted by atomic mass is 32.2. The maximum absolute atomic E-state index is 12.8. The molecule has 0 unspecified atom stereocenters. The Kier molecular flexibility index (Phi) is 2.92. The van der Waals surface area contributed by atoms with E-state index in [4.69, 9.17) is 5.26 Å². The van der Waals surface area contributed by atoms with Crippen LogP contribution in [0, 0.1) is 23.1 Å². The Morgan fingerprint density at radius 1 is 1.35 bits per heavy atom. The molecule has 3 atom stereocenters. The summed E-state index contributed by atoms with van der Waals surface area (Å²) >= 11 is 0.